The summed E-state index contributed by atoms with van der Waals surface area (Å²) in [5.74, 6) is -1.81. The monoisotopic (exact) mass is 359 g/mol. The Morgan fingerprint density at radius 1 is 0.840 bits per heavy atom. The Morgan fingerprint density at radius 2 is 1.48 bits per heavy atom. The van der Waals surface area contributed by atoms with E-state index in [-0.39, 0.29) is 0 Å². The van der Waals surface area contributed by atoms with Crippen molar-refractivity contribution in [3.8, 4) is 11.1 Å². The lowest BCUT2D eigenvalue weighted by atomic mass is 10.0. The van der Waals surface area contributed by atoms with Crippen LogP contribution in [0.4, 0.5) is 14.5 Å². The Labute approximate surface area is 145 Å². The Kier molecular flexibility index (Phi) is 4.55. The third-order valence-electron chi connectivity index (χ3n) is 3.86. The molecule has 0 heterocycles. The van der Waals surface area contributed by atoms with Gasteiger partial charge in [-0.15, -0.1) is 0 Å². The maximum absolute atomic E-state index is 14.0. The molecular formula is C19H15F2NO2S. The first-order valence-electron chi connectivity index (χ1n) is 7.49. The topological polar surface area (TPSA) is 37.4 Å². The van der Waals surface area contributed by atoms with E-state index in [0.717, 1.165) is 22.0 Å². The van der Waals surface area contributed by atoms with Gasteiger partial charge in [0.25, 0.3) is 10.0 Å². The Balaban J connectivity index is 2.13. The maximum atomic E-state index is 14.0. The van der Waals surface area contributed by atoms with Crippen LogP contribution in [0.5, 0.6) is 0 Å². The normalized spacial score (nSPS) is 11.3. The first-order chi connectivity index (χ1) is 11.9. The van der Waals surface area contributed by atoms with Gasteiger partial charge in [0.15, 0.2) is 0 Å². The third kappa shape index (κ3) is 3.25. The van der Waals surface area contributed by atoms with Crippen LogP contribution >= 0.6 is 0 Å². The number of hydrogen-bond acceptors (Lipinski definition) is 2. The van der Waals surface area contributed by atoms with Gasteiger partial charge in [0.05, 0.1) is 5.69 Å². The molecule has 0 aliphatic rings. The molecule has 128 valence electrons. The fourth-order valence-electron chi connectivity index (χ4n) is 2.56. The van der Waals surface area contributed by atoms with E-state index in [2.05, 4.69) is 0 Å². The zero-order valence-electron chi connectivity index (χ0n) is 13.4. The molecule has 0 atom stereocenters. The minimum Gasteiger partial charge on any atom is -0.269 e. The van der Waals surface area contributed by atoms with Gasteiger partial charge in [0.2, 0.25) is 0 Å². The lowest BCUT2D eigenvalue weighted by Crippen LogP contribution is -2.28. The summed E-state index contributed by atoms with van der Waals surface area (Å²) >= 11 is 0. The molecule has 3 aromatic carbocycles. The molecule has 0 aliphatic heterocycles. The number of nitrogens with zero attached hydrogens (tertiary/aromatic N) is 1. The lowest BCUT2D eigenvalue weighted by molar-refractivity contribution is 0.552. The predicted molar refractivity (Wildman–Crippen MR) is 93.8 cm³/mol. The minimum atomic E-state index is -4.26. The Bertz CT molecular complexity index is 1000. The van der Waals surface area contributed by atoms with Crippen LogP contribution in [0, 0.1) is 11.6 Å². The molecule has 3 nitrogen and oxygen atoms in total. The summed E-state index contributed by atoms with van der Waals surface area (Å²) in [6.07, 6.45) is 0. The number of para-hydroxylation sites is 1. The molecule has 0 spiro atoms. The van der Waals surface area contributed by atoms with Gasteiger partial charge in [-0.3, -0.25) is 4.31 Å². The molecule has 0 saturated carbocycles. The van der Waals surface area contributed by atoms with Crippen LogP contribution in [0.15, 0.2) is 77.7 Å². The van der Waals surface area contributed by atoms with Crippen LogP contribution in [-0.2, 0) is 10.0 Å². The van der Waals surface area contributed by atoms with Gasteiger partial charge >= 0.3 is 0 Å². The van der Waals surface area contributed by atoms with Crippen LogP contribution < -0.4 is 4.31 Å². The summed E-state index contributed by atoms with van der Waals surface area (Å²) in [6, 6.07) is 18.5. The van der Waals surface area contributed by atoms with Crippen molar-refractivity contribution in [3.63, 3.8) is 0 Å². The molecule has 6 heteroatoms. The molecule has 3 rings (SSSR count). The second-order valence-corrected chi connectivity index (χ2v) is 7.37. The molecule has 0 fully saturated rings. The van der Waals surface area contributed by atoms with Crippen LogP contribution in [0.3, 0.4) is 0 Å². The van der Waals surface area contributed by atoms with E-state index in [9.17, 15) is 17.2 Å². The van der Waals surface area contributed by atoms with Crippen molar-refractivity contribution in [2.45, 2.75) is 4.90 Å². The number of sulfonamides is 1. The summed E-state index contributed by atoms with van der Waals surface area (Å²) in [7, 11) is -2.94. The average Bonchev–Trinajstić information content (AvgIpc) is 2.63. The molecule has 0 saturated heterocycles. The number of hydrogen-bond donors (Lipinski definition) is 0. The van der Waals surface area contributed by atoms with Gasteiger partial charge in [-0.25, -0.2) is 17.2 Å². The largest absolute Gasteiger partial charge is 0.269 e. The van der Waals surface area contributed by atoms with Crippen molar-refractivity contribution in [3.05, 3.63) is 84.4 Å². The smallest absolute Gasteiger partial charge is 0.267 e. The van der Waals surface area contributed by atoms with Crippen LogP contribution in [0.1, 0.15) is 0 Å². The molecule has 3 aromatic rings. The third-order valence-corrected chi connectivity index (χ3v) is 5.65. The first-order valence-corrected chi connectivity index (χ1v) is 8.93. The van der Waals surface area contributed by atoms with Gasteiger partial charge in [-0.2, -0.15) is 0 Å². The second-order valence-electron chi connectivity index (χ2n) is 5.43. The molecule has 25 heavy (non-hydrogen) atoms. The van der Waals surface area contributed by atoms with E-state index >= 15 is 0 Å². The summed E-state index contributed by atoms with van der Waals surface area (Å²) in [4.78, 5) is -0.696. The van der Waals surface area contributed by atoms with E-state index in [0.29, 0.717) is 17.3 Å². The highest BCUT2D eigenvalue weighted by molar-refractivity contribution is 7.92. The summed E-state index contributed by atoms with van der Waals surface area (Å²) in [5, 5.41) is 0. The van der Waals surface area contributed by atoms with E-state index in [1.54, 1.807) is 24.3 Å². The second kappa shape index (κ2) is 6.64. The van der Waals surface area contributed by atoms with Crippen LogP contribution in [0.25, 0.3) is 11.1 Å². The van der Waals surface area contributed by atoms with Crippen molar-refractivity contribution < 1.29 is 17.2 Å². The number of halogens is 2. The highest BCUT2D eigenvalue weighted by atomic mass is 32.2. The first kappa shape index (κ1) is 17.1. The van der Waals surface area contributed by atoms with Crippen molar-refractivity contribution in [2.75, 3.05) is 11.4 Å². The maximum Gasteiger partial charge on any atom is 0.267 e. The zero-order valence-corrected chi connectivity index (χ0v) is 14.2. The molecule has 0 aliphatic carbocycles. The Hall–Kier alpha value is -2.73. The van der Waals surface area contributed by atoms with Crippen molar-refractivity contribution in [1.82, 2.24) is 0 Å². The van der Waals surface area contributed by atoms with Crippen molar-refractivity contribution in [2.24, 2.45) is 0 Å². The fourth-order valence-corrected chi connectivity index (χ4v) is 3.85. The van der Waals surface area contributed by atoms with Gasteiger partial charge in [0, 0.05) is 12.6 Å². The quantitative estimate of drug-likeness (QED) is 0.690. The molecule has 0 N–H and O–H groups in total. The number of anilines is 1. The van der Waals surface area contributed by atoms with E-state index < -0.39 is 26.6 Å². The average molecular weight is 359 g/mol. The predicted octanol–water partition coefficient (Wildman–Crippen LogP) is 4.46. The molecule has 0 bridgehead atoms. The molecule has 0 amide bonds. The van der Waals surface area contributed by atoms with Gasteiger partial charge in [-0.05, 0) is 29.8 Å². The summed E-state index contributed by atoms with van der Waals surface area (Å²) in [6.45, 7) is 0. The van der Waals surface area contributed by atoms with Crippen molar-refractivity contribution in [1.29, 1.82) is 0 Å². The van der Waals surface area contributed by atoms with Gasteiger partial charge < -0.3 is 0 Å². The van der Waals surface area contributed by atoms with Crippen LogP contribution in [-0.4, -0.2) is 15.5 Å². The summed E-state index contributed by atoms with van der Waals surface area (Å²) < 4.78 is 54.0. The van der Waals surface area contributed by atoms with Crippen molar-refractivity contribution >= 4 is 15.7 Å². The SMILES string of the molecule is CN(c1ccccc1-c1ccccc1)S(=O)(=O)c1cc(F)ccc1F. The fraction of sp³-hybridized carbons (Fsp3) is 0.0526. The van der Waals surface area contributed by atoms with E-state index in [4.69, 9.17) is 0 Å². The van der Waals surface area contributed by atoms with Crippen LogP contribution in [0.2, 0.25) is 0 Å². The van der Waals surface area contributed by atoms with Gasteiger partial charge in [-0.1, -0.05) is 48.5 Å². The number of rotatable bonds is 4. The standard InChI is InChI=1S/C19H15F2NO2S/c1-22(25(23,24)19-13-15(20)11-12-17(19)21)18-10-6-5-9-16(18)14-7-3-2-4-8-14/h2-13H,1H3. The molecular weight excluding hydrogens is 344 g/mol. The summed E-state index contributed by atoms with van der Waals surface area (Å²) in [5.41, 5.74) is 1.86. The molecule has 0 radical (unpaired) electrons. The minimum absolute atomic E-state index is 0.373. The zero-order chi connectivity index (χ0) is 18.0. The highest BCUT2D eigenvalue weighted by Gasteiger charge is 2.27. The molecule has 0 unspecified atom stereocenters. The highest BCUT2D eigenvalue weighted by Crippen LogP contribution is 2.33. The number of benzene rings is 3. The molecule has 0 aromatic heterocycles. The Morgan fingerprint density at radius 3 is 2.20 bits per heavy atom. The van der Waals surface area contributed by atoms with E-state index in [1.165, 1.54) is 7.05 Å². The van der Waals surface area contributed by atoms with E-state index in [1.807, 2.05) is 30.3 Å². The lowest BCUT2D eigenvalue weighted by Gasteiger charge is -2.22. The van der Waals surface area contributed by atoms with Gasteiger partial charge in [0.1, 0.15) is 16.5 Å².